The van der Waals surface area contributed by atoms with Crippen LogP contribution in [0.2, 0.25) is 5.02 Å². The highest BCUT2D eigenvalue weighted by atomic mass is 35.5. The number of benzene rings is 1. The molecule has 0 saturated carbocycles. The number of halogens is 2. The Morgan fingerprint density at radius 2 is 1.80 bits per heavy atom. The minimum Gasteiger partial charge on any atom is -0.308 e. The zero-order valence-electron chi connectivity index (χ0n) is 9.19. The summed E-state index contributed by atoms with van der Waals surface area (Å²) in [5.74, 6) is 0.681. The fraction of sp³-hybridized carbons (Fsp3) is 0.500. The Hall–Kier alpha value is -0.240. The third-order valence-corrected chi connectivity index (χ3v) is 2.84. The van der Waals surface area contributed by atoms with Crippen LogP contribution in [-0.2, 0) is 6.54 Å². The summed E-state index contributed by atoms with van der Waals surface area (Å²) in [5, 5.41) is 4.24. The summed E-state index contributed by atoms with van der Waals surface area (Å²) in [6, 6.07) is 7.89. The van der Waals surface area contributed by atoms with Gasteiger partial charge in [0.25, 0.3) is 0 Å². The molecule has 1 nitrogen and oxygen atoms in total. The van der Waals surface area contributed by atoms with Gasteiger partial charge in [-0.25, -0.2) is 0 Å². The van der Waals surface area contributed by atoms with E-state index in [1.165, 1.54) is 5.56 Å². The second-order valence-electron chi connectivity index (χ2n) is 4.30. The Labute approximate surface area is 102 Å². The van der Waals surface area contributed by atoms with Crippen LogP contribution >= 0.6 is 23.2 Å². The van der Waals surface area contributed by atoms with Gasteiger partial charge in [0.15, 0.2) is 0 Å². The smallest absolute Gasteiger partial charge is 0.0406 e. The maximum absolute atomic E-state index is 5.81. The molecule has 0 unspecified atom stereocenters. The van der Waals surface area contributed by atoms with E-state index in [0.29, 0.717) is 5.88 Å². The summed E-state index contributed by atoms with van der Waals surface area (Å²) >= 11 is 11.5. The van der Waals surface area contributed by atoms with Crippen LogP contribution in [0.4, 0.5) is 0 Å². The van der Waals surface area contributed by atoms with Gasteiger partial charge in [0.05, 0.1) is 0 Å². The lowest BCUT2D eigenvalue weighted by molar-refractivity contribution is 0.376. The van der Waals surface area contributed by atoms with Gasteiger partial charge in [-0.05, 0) is 38.0 Å². The summed E-state index contributed by atoms with van der Waals surface area (Å²) in [4.78, 5) is 0. The highest BCUT2D eigenvalue weighted by molar-refractivity contribution is 6.30. The molecule has 84 valence electrons. The van der Waals surface area contributed by atoms with Crippen LogP contribution < -0.4 is 5.32 Å². The number of rotatable bonds is 5. The van der Waals surface area contributed by atoms with Gasteiger partial charge in [-0.1, -0.05) is 23.7 Å². The van der Waals surface area contributed by atoms with Crippen molar-refractivity contribution in [3.8, 4) is 0 Å². The molecule has 15 heavy (non-hydrogen) atoms. The summed E-state index contributed by atoms with van der Waals surface area (Å²) in [6.45, 7) is 5.16. The predicted molar refractivity (Wildman–Crippen MR) is 67.7 cm³/mol. The van der Waals surface area contributed by atoms with Crippen LogP contribution in [0.5, 0.6) is 0 Å². The molecule has 1 aromatic rings. The molecule has 0 heterocycles. The molecule has 0 bridgehead atoms. The molecule has 0 aromatic heterocycles. The van der Waals surface area contributed by atoms with Gasteiger partial charge in [0, 0.05) is 23.0 Å². The quantitative estimate of drug-likeness (QED) is 0.778. The molecular formula is C12H17Cl2N. The van der Waals surface area contributed by atoms with Gasteiger partial charge in [-0.2, -0.15) is 0 Å². The van der Waals surface area contributed by atoms with Crippen molar-refractivity contribution in [1.82, 2.24) is 5.32 Å². The van der Waals surface area contributed by atoms with Gasteiger partial charge in [-0.3, -0.25) is 0 Å². The van der Waals surface area contributed by atoms with E-state index in [-0.39, 0.29) is 5.54 Å². The molecule has 0 aliphatic carbocycles. The molecule has 0 saturated heterocycles. The summed E-state index contributed by atoms with van der Waals surface area (Å²) in [5.41, 5.74) is 1.32. The van der Waals surface area contributed by atoms with Crippen LogP contribution in [0.25, 0.3) is 0 Å². The monoisotopic (exact) mass is 245 g/mol. The van der Waals surface area contributed by atoms with Crippen LogP contribution in [-0.4, -0.2) is 11.4 Å². The van der Waals surface area contributed by atoms with E-state index in [1.54, 1.807) is 0 Å². The standard InChI is InChI=1S/C12H17Cl2N/c1-12(2,7-8-13)15-9-10-3-5-11(14)6-4-10/h3-6,15H,7-9H2,1-2H3. The molecule has 0 aliphatic rings. The first-order valence-corrected chi connectivity index (χ1v) is 6.00. The average Bonchev–Trinajstić information content (AvgIpc) is 2.17. The Morgan fingerprint density at radius 3 is 2.33 bits per heavy atom. The largest absolute Gasteiger partial charge is 0.308 e. The normalized spacial score (nSPS) is 11.7. The van der Waals surface area contributed by atoms with Crippen molar-refractivity contribution in [2.24, 2.45) is 0 Å². The van der Waals surface area contributed by atoms with Gasteiger partial charge in [0.2, 0.25) is 0 Å². The van der Waals surface area contributed by atoms with E-state index >= 15 is 0 Å². The van der Waals surface area contributed by atoms with E-state index in [1.807, 2.05) is 24.3 Å². The topological polar surface area (TPSA) is 12.0 Å². The molecule has 0 aliphatic heterocycles. The molecule has 0 amide bonds. The third-order valence-electron chi connectivity index (χ3n) is 2.40. The number of nitrogens with one attached hydrogen (secondary N) is 1. The maximum Gasteiger partial charge on any atom is 0.0406 e. The lowest BCUT2D eigenvalue weighted by Gasteiger charge is -2.25. The zero-order chi connectivity index (χ0) is 11.3. The van der Waals surface area contributed by atoms with Crippen LogP contribution in [0.15, 0.2) is 24.3 Å². The Balaban J connectivity index is 2.46. The van der Waals surface area contributed by atoms with Crippen molar-refractivity contribution in [3.63, 3.8) is 0 Å². The molecule has 0 radical (unpaired) electrons. The fourth-order valence-corrected chi connectivity index (χ4v) is 1.87. The SMILES string of the molecule is CC(C)(CCCl)NCc1ccc(Cl)cc1. The highest BCUT2D eigenvalue weighted by Crippen LogP contribution is 2.13. The second-order valence-corrected chi connectivity index (χ2v) is 5.12. The number of hydrogen-bond acceptors (Lipinski definition) is 1. The van der Waals surface area contributed by atoms with Crippen molar-refractivity contribution in [1.29, 1.82) is 0 Å². The lowest BCUT2D eigenvalue weighted by atomic mass is 10.0. The van der Waals surface area contributed by atoms with Crippen LogP contribution in [0.1, 0.15) is 25.8 Å². The van der Waals surface area contributed by atoms with E-state index in [9.17, 15) is 0 Å². The Kier molecular flexibility index (Phi) is 4.91. The minimum atomic E-state index is 0.0847. The first-order valence-electron chi connectivity index (χ1n) is 5.09. The van der Waals surface area contributed by atoms with Gasteiger partial charge in [0.1, 0.15) is 0 Å². The fourth-order valence-electron chi connectivity index (χ4n) is 1.27. The molecule has 1 aromatic carbocycles. The van der Waals surface area contributed by atoms with Gasteiger partial charge in [-0.15, -0.1) is 11.6 Å². The van der Waals surface area contributed by atoms with E-state index in [0.717, 1.165) is 18.0 Å². The van der Waals surface area contributed by atoms with Crippen LogP contribution in [0, 0.1) is 0 Å². The van der Waals surface area contributed by atoms with Gasteiger partial charge < -0.3 is 5.32 Å². The van der Waals surface area contributed by atoms with Gasteiger partial charge >= 0.3 is 0 Å². The molecule has 3 heteroatoms. The molecule has 1 rings (SSSR count). The van der Waals surface area contributed by atoms with Crippen LogP contribution in [0.3, 0.4) is 0 Å². The predicted octanol–water partition coefficient (Wildman–Crippen LogP) is 3.84. The minimum absolute atomic E-state index is 0.0847. The first kappa shape index (κ1) is 12.8. The van der Waals surface area contributed by atoms with E-state index in [2.05, 4.69) is 19.2 Å². The summed E-state index contributed by atoms with van der Waals surface area (Å²) < 4.78 is 0. The Bertz CT molecular complexity index is 293. The van der Waals surface area contributed by atoms with Crippen molar-refractivity contribution >= 4 is 23.2 Å². The van der Waals surface area contributed by atoms with E-state index < -0.39 is 0 Å². The maximum atomic E-state index is 5.81. The van der Waals surface area contributed by atoms with Crippen molar-refractivity contribution in [2.75, 3.05) is 5.88 Å². The number of alkyl halides is 1. The van der Waals surface area contributed by atoms with Crippen molar-refractivity contribution in [2.45, 2.75) is 32.4 Å². The summed E-state index contributed by atoms with van der Waals surface area (Å²) in [7, 11) is 0. The molecule has 0 spiro atoms. The van der Waals surface area contributed by atoms with Crippen molar-refractivity contribution in [3.05, 3.63) is 34.9 Å². The lowest BCUT2D eigenvalue weighted by Crippen LogP contribution is -2.38. The molecule has 1 N–H and O–H groups in total. The third kappa shape index (κ3) is 4.87. The van der Waals surface area contributed by atoms with Crippen molar-refractivity contribution < 1.29 is 0 Å². The highest BCUT2D eigenvalue weighted by Gasteiger charge is 2.15. The Morgan fingerprint density at radius 1 is 1.20 bits per heavy atom. The zero-order valence-corrected chi connectivity index (χ0v) is 10.7. The number of hydrogen-bond donors (Lipinski definition) is 1. The second kappa shape index (κ2) is 5.74. The molecular weight excluding hydrogens is 229 g/mol. The molecule has 0 atom stereocenters. The van der Waals surface area contributed by atoms with E-state index in [4.69, 9.17) is 23.2 Å². The first-order chi connectivity index (χ1) is 7.03. The molecule has 0 fully saturated rings. The average molecular weight is 246 g/mol. The summed E-state index contributed by atoms with van der Waals surface area (Å²) in [6.07, 6.45) is 0.960.